The molecule has 11 rings (SSSR count). The van der Waals surface area contributed by atoms with Gasteiger partial charge in [-0.2, -0.15) is 0 Å². The van der Waals surface area contributed by atoms with E-state index in [1.54, 1.807) is 0 Å². The molecule has 0 spiro atoms. The smallest absolute Gasteiger partial charge is 0.181 e. The van der Waals surface area contributed by atoms with E-state index in [4.69, 9.17) is 0 Å². The van der Waals surface area contributed by atoms with E-state index in [0.717, 1.165) is 12.1 Å². The molecule has 0 saturated heterocycles. The summed E-state index contributed by atoms with van der Waals surface area (Å²) in [5.74, 6) is 0. The molecule has 10 aromatic carbocycles. The van der Waals surface area contributed by atoms with Gasteiger partial charge in [0.1, 0.15) is 0 Å². The number of rotatable bonds is 10. The zero-order valence-corrected chi connectivity index (χ0v) is 36.0. The Hall–Kier alpha value is -7.78. The Balaban J connectivity index is 1.38. The Morgan fingerprint density at radius 2 is 0.746 bits per heavy atom. The van der Waals surface area contributed by atoms with Gasteiger partial charge >= 0.3 is 0 Å². The number of fused-ring (bicyclic) bond motifs is 3. The second-order valence-electron chi connectivity index (χ2n) is 16.3. The first kappa shape index (κ1) is 38.2. The highest BCUT2D eigenvalue weighted by molar-refractivity contribution is 7.20. The minimum atomic E-state index is -3.14. The van der Waals surface area contributed by atoms with Crippen LogP contribution in [0.4, 0.5) is 17.1 Å². The van der Waals surface area contributed by atoms with E-state index in [1.807, 2.05) is 0 Å². The highest BCUT2D eigenvalue weighted by Crippen LogP contribution is 2.54. The third-order valence-electron chi connectivity index (χ3n) is 12.8. The Morgan fingerprint density at radius 3 is 1.29 bits per heavy atom. The molecule has 0 aromatic heterocycles. The van der Waals surface area contributed by atoms with E-state index in [2.05, 4.69) is 266 Å². The molecular weight excluding hydrogens is 775 g/mol. The minimum absolute atomic E-state index is 0.820. The Bertz CT molecular complexity index is 3060. The molecule has 1 aliphatic carbocycles. The summed E-state index contributed by atoms with van der Waals surface area (Å²) >= 11 is 0. The van der Waals surface area contributed by atoms with Gasteiger partial charge in [-0.3, -0.25) is 0 Å². The highest BCUT2D eigenvalue weighted by Gasteiger charge is 2.45. The van der Waals surface area contributed by atoms with Crippen LogP contribution in [-0.2, 0) is 6.42 Å². The fourth-order valence-corrected chi connectivity index (χ4v) is 15.1. The molecule has 0 aliphatic heterocycles. The van der Waals surface area contributed by atoms with Crippen LogP contribution in [0.15, 0.2) is 261 Å². The van der Waals surface area contributed by atoms with Crippen LogP contribution >= 0.6 is 0 Å². The molecule has 0 bridgehead atoms. The van der Waals surface area contributed by atoms with Crippen molar-refractivity contribution in [2.75, 3.05) is 4.90 Å². The predicted molar refractivity (Wildman–Crippen MR) is 269 cm³/mol. The van der Waals surface area contributed by atoms with Gasteiger partial charge in [0.25, 0.3) is 0 Å². The van der Waals surface area contributed by atoms with Crippen molar-refractivity contribution in [3.63, 3.8) is 0 Å². The van der Waals surface area contributed by atoms with Crippen molar-refractivity contribution < 1.29 is 0 Å². The zero-order valence-electron chi connectivity index (χ0n) is 35.0. The van der Waals surface area contributed by atoms with Gasteiger partial charge in [-0.1, -0.05) is 243 Å². The summed E-state index contributed by atoms with van der Waals surface area (Å²) in [4.78, 5) is 2.67. The van der Waals surface area contributed by atoms with Gasteiger partial charge in [-0.25, -0.2) is 0 Å². The number of benzene rings is 10. The van der Waals surface area contributed by atoms with E-state index in [0.29, 0.717) is 0 Å². The molecule has 63 heavy (non-hydrogen) atoms. The van der Waals surface area contributed by atoms with Crippen LogP contribution in [0.2, 0.25) is 0 Å². The van der Waals surface area contributed by atoms with Crippen LogP contribution in [0.5, 0.6) is 0 Å². The van der Waals surface area contributed by atoms with Crippen molar-refractivity contribution in [3.8, 4) is 44.5 Å². The molecule has 0 saturated carbocycles. The molecule has 298 valence electrons. The maximum Gasteiger partial charge on any atom is 0.181 e. The van der Waals surface area contributed by atoms with Crippen LogP contribution in [-0.4, -0.2) is 8.07 Å². The standard InChI is InChI=1S/C61H45NSi/c1-8-25-45(26-9-1)54-41-24-42-58(63(50-34-16-5-17-35-50,51-36-18-6-19-37-51)52-38-20-7-21-39-52)60(54)62(49-32-14-4-15-33-49)61-57-43-48-31-22-23-40-53(48)56(57)44-55(46-27-10-2-11-28-46)59(61)47-29-12-3-13-30-47/h1-42,44H,43H2. The van der Waals surface area contributed by atoms with Crippen molar-refractivity contribution in [1.29, 1.82) is 0 Å². The maximum absolute atomic E-state index is 3.14. The van der Waals surface area contributed by atoms with Gasteiger partial charge in [0.2, 0.25) is 0 Å². The lowest BCUT2D eigenvalue weighted by atomic mass is 9.86. The average Bonchev–Trinajstić information content (AvgIpc) is 3.75. The highest BCUT2D eigenvalue weighted by atomic mass is 28.3. The summed E-state index contributed by atoms with van der Waals surface area (Å²) in [6, 6.07) is 96.9. The molecule has 0 amide bonds. The normalized spacial score (nSPS) is 11.7. The molecule has 0 radical (unpaired) electrons. The topological polar surface area (TPSA) is 3.24 Å². The number of hydrogen-bond donors (Lipinski definition) is 0. The first-order valence-electron chi connectivity index (χ1n) is 21.9. The third-order valence-corrected chi connectivity index (χ3v) is 17.6. The zero-order chi connectivity index (χ0) is 42.0. The van der Waals surface area contributed by atoms with Gasteiger partial charge in [0.05, 0.1) is 11.4 Å². The van der Waals surface area contributed by atoms with Gasteiger partial charge < -0.3 is 4.90 Å². The summed E-state index contributed by atoms with van der Waals surface area (Å²) < 4.78 is 0. The van der Waals surface area contributed by atoms with Gasteiger partial charge in [0, 0.05) is 23.2 Å². The Morgan fingerprint density at radius 1 is 0.317 bits per heavy atom. The molecule has 1 aliphatic rings. The average molecular weight is 820 g/mol. The molecule has 0 heterocycles. The first-order chi connectivity index (χ1) is 31.3. The van der Waals surface area contributed by atoms with Crippen molar-refractivity contribution in [1.82, 2.24) is 0 Å². The number of para-hydroxylation sites is 2. The second kappa shape index (κ2) is 16.6. The molecule has 0 atom stereocenters. The summed E-state index contributed by atoms with van der Waals surface area (Å²) in [5, 5.41) is 5.33. The summed E-state index contributed by atoms with van der Waals surface area (Å²) in [5.41, 5.74) is 16.0. The van der Waals surface area contributed by atoms with E-state index in [9.17, 15) is 0 Å². The number of anilines is 3. The largest absolute Gasteiger partial charge is 0.309 e. The van der Waals surface area contributed by atoms with E-state index in [1.165, 1.54) is 87.8 Å². The summed E-state index contributed by atoms with van der Waals surface area (Å²) in [6.07, 6.45) is 0.820. The van der Waals surface area contributed by atoms with Crippen LogP contribution in [0.1, 0.15) is 11.1 Å². The van der Waals surface area contributed by atoms with Crippen LogP contribution < -0.4 is 25.6 Å². The third kappa shape index (κ3) is 6.64. The number of nitrogens with zero attached hydrogens (tertiary/aromatic N) is 1. The molecule has 0 fully saturated rings. The fraction of sp³-hybridized carbons (Fsp3) is 0.0164. The van der Waals surface area contributed by atoms with E-state index >= 15 is 0 Å². The molecular formula is C61H45NSi. The molecule has 10 aromatic rings. The van der Waals surface area contributed by atoms with Crippen molar-refractivity contribution in [3.05, 3.63) is 272 Å². The van der Waals surface area contributed by atoms with E-state index in [-0.39, 0.29) is 0 Å². The van der Waals surface area contributed by atoms with Gasteiger partial charge in [-0.05, 0) is 83.5 Å². The van der Waals surface area contributed by atoms with Crippen molar-refractivity contribution in [2.45, 2.75) is 6.42 Å². The fourth-order valence-electron chi connectivity index (χ4n) is 10.2. The Kier molecular flexibility index (Phi) is 10.0. The van der Waals surface area contributed by atoms with Gasteiger partial charge in [0.15, 0.2) is 8.07 Å². The summed E-state index contributed by atoms with van der Waals surface area (Å²) in [7, 11) is -3.14. The summed E-state index contributed by atoms with van der Waals surface area (Å²) in [6.45, 7) is 0. The molecule has 2 heteroatoms. The van der Waals surface area contributed by atoms with Crippen LogP contribution in [0, 0.1) is 0 Å². The molecule has 0 N–H and O–H groups in total. The molecule has 1 nitrogen and oxygen atoms in total. The van der Waals surface area contributed by atoms with Crippen molar-refractivity contribution in [2.24, 2.45) is 0 Å². The molecule has 0 unspecified atom stereocenters. The SMILES string of the molecule is c1ccc(-c2cc3c(c(N(c4ccccc4)c4c(-c5ccccc5)cccc4[Si](c4ccccc4)(c4ccccc4)c4ccccc4)c2-c2ccccc2)Cc2ccccc2-3)cc1. The quantitative estimate of drug-likeness (QED) is 0.0981. The predicted octanol–water partition coefficient (Wildman–Crippen LogP) is 13.1. The lowest BCUT2D eigenvalue weighted by molar-refractivity contribution is 1.20. The lowest BCUT2D eigenvalue weighted by Crippen LogP contribution is -2.75. The Labute approximate surface area is 371 Å². The van der Waals surface area contributed by atoms with Crippen molar-refractivity contribution >= 4 is 45.9 Å². The van der Waals surface area contributed by atoms with Crippen LogP contribution in [0.3, 0.4) is 0 Å². The minimum Gasteiger partial charge on any atom is -0.309 e. The number of hydrogen-bond acceptors (Lipinski definition) is 1. The van der Waals surface area contributed by atoms with Crippen LogP contribution in [0.25, 0.3) is 44.5 Å². The monoisotopic (exact) mass is 819 g/mol. The first-order valence-corrected chi connectivity index (χ1v) is 23.9. The van der Waals surface area contributed by atoms with E-state index < -0.39 is 8.07 Å². The van der Waals surface area contributed by atoms with Gasteiger partial charge in [-0.15, -0.1) is 0 Å². The second-order valence-corrected chi connectivity index (χ2v) is 20.1. The lowest BCUT2D eigenvalue weighted by Gasteiger charge is -2.40. The maximum atomic E-state index is 2.67.